The molecular weight excluding hydrogens is 332 g/mol. The summed E-state index contributed by atoms with van der Waals surface area (Å²) in [6.07, 6.45) is 4.69. The van der Waals surface area contributed by atoms with Gasteiger partial charge in [0.1, 0.15) is 23.3 Å². The van der Waals surface area contributed by atoms with Crippen LogP contribution < -0.4 is 10.2 Å². The normalized spacial score (nSPS) is 15.4. The van der Waals surface area contributed by atoms with Gasteiger partial charge in [0, 0.05) is 25.2 Å². The molecule has 3 aromatic heterocycles. The fourth-order valence-corrected chi connectivity index (χ4v) is 3.33. The first kappa shape index (κ1) is 16.4. The first-order valence-corrected chi connectivity index (χ1v) is 8.68. The number of aromatic nitrogens is 4. The number of piperidine rings is 1. The lowest BCUT2D eigenvalue weighted by Gasteiger charge is -2.32. The van der Waals surface area contributed by atoms with Gasteiger partial charge in [0.25, 0.3) is 5.71 Å². The van der Waals surface area contributed by atoms with Crippen LogP contribution in [0.5, 0.6) is 0 Å². The number of nitrogens with one attached hydrogen (secondary N) is 1. The molecule has 4 heterocycles. The Balaban J connectivity index is 1.45. The molecule has 1 fully saturated rings. The maximum Gasteiger partial charge on any atom is 0.263 e. The highest BCUT2D eigenvalue weighted by atomic mass is 16.5. The van der Waals surface area contributed by atoms with Crippen LogP contribution in [-0.4, -0.2) is 39.1 Å². The Morgan fingerprint density at radius 1 is 1.23 bits per heavy atom. The smallest absolute Gasteiger partial charge is 0.263 e. The summed E-state index contributed by atoms with van der Waals surface area (Å²) in [6.45, 7) is 5.31. The first-order chi connectivity index (χ1) is 12.6. The van der Waals surface area contributed by atoms with Gasteiger partial charge in [-0.1, -0.05) is 11.2 Å². The number of rotatable bonds is 3. The number of hydrogen-bond acceptors (Lipinski definition) is 7. The summed E-state index contributed by atoms with van der Waals surface area (Å²) in [5.74, 6) is 1.46. The molecule has 0 unspecified atom stereocenters. The molecular formula is C18H20N6O2. The standard InChI is InChI=1S/C18H20N6O2/c1-11-4-3-7-19-15(11)22-17(25)13-5-8-24(9-6-13)16-14-12(2)23-26-18(14)21-10-20-16/h3-4,7,10,13H,5-6,8-9H2,1-2H3,(H,19,22,25). The zero-order valence-electron chi connectivity index (χ0n) is 14.8. The average molecular weight is 352 g/mol. The third-order valence-electron chi connectivity index (χ3n) is 4.84. The number of nitrogens with zero attached hydrogens (tertiary/aromatic N) is 5. The van der Waals surface area contributed by atoms with E-state index in [9.17, 15) is 4.79 Å². The largest absolute Gasteiger partial charge is 0.356 e. The van der Waals surface area contributed by atoms with Crippen molar-refractivity contribution in [3.05, 3.63) is 35.9 Å². The molecule has 0 aliphatic carbocycles. The van der Waals surface area contributed by atoms with Crippen molar-refractivity contribution in [2.75, 3.05) is 23.3 Å². The van der Waals surface area contributed by atoms with E-state index in [0.717, 1.165) is 48.4 Å². The van der Waals surface area contributed by atoms with Crippen LogP contribution in [0, 0.1) is 19.8 Å². The maximum absolute atomic E-state index is 12.6. The van der Waals surface area contributed by atoms with Gasteiger partial charge in [-0.3, -0.25) is 4.79 Å². The van der Waals surface area contributed by atoms with Crippen molar-refractivity contribution in [3.8, 4) is 0 Å². The number of carbonyl (C=O) groups excluding carboxylic acids is 1. The number of fused-ring (bicyclic) bond motifs is 1. The van der Waals surface area contributed by atoms with Gasteiger partial charge >= 0.3 is 0 Å². The minimum Gasteiger partial charge on any atom is -0.356 e. The summed E-state index contributed by atoms with van der Waals surface area (Å²) in [5, 5.41) is 7.77. The van der Waals surface area contributed by atoms with Crippen LogP contribution in [0.3, 0.4) is 0 Å². The number of carbonyl (C=O) groups is 1. The summed E-state index contributed by atoms with van der Waals surface area (Å²) in [6, 6.07) is 3.80. The van der Waals surface area contributed by atoms with E-state index >= 15 is 0 Å². The number of amides is 1. The molecule has 0 atom stereocenters. The van der Waals surface area contributed by atoms with E-state index in [4.69, 9.17) is 4.52 Å². The zero-order chi connectivity index (χ0) is 18.1. The molecule has 1 N–H and O–H groups in total. The number of anilines is 2. The third kappa shape index (κ3) is 2.98. The van der Waals surface area contributed by atoms with Gasteiger partial charge in [0.05, 0.1) is 5.69 Å². The second-order valence-electron chi connectivity index (χ2n) is 6.56. The van der Waals surface area contributed by atoms with Crippen LogP contribution in [0.15, 0.2) is 29.2 Å². The molecule has 134 valence electrons. The minimum atomic E-state index is -0.0337. The summed E-state index contributed by atoms with van der Waals surface area (Å²) >= 11 is 0. The van der Waals surface area contributed by atoms with E-state index in [1.54, 1.807) is 6.20 Å². The van der Waals surface area contributed by atoms with Crippen molar-refractivity contribution in [1.29, 1.82) is 0 Å². The quantitative estimate of drug-likeness (QED) is 0.773. The Morgan fingerprint density at radius 3 is 2.81 bits per heavy atom. The van der Waals surface area contributed by atoms with Crippen LogP contribution in [0.2, 0.25) is 0 Å². The van der Waals surface area contributed by atoms with Crippen molar-refractivity contribution in [1.82, 2.24) is 20.1 Å². The lowest BCUT2D eigenvalue weighted by Crippen LogP contribution is -2.38. The predicted molar refractivity (Wildman–Crippen MR) is 96.9 cm³/mol. The predicted octanol–water partition coefficient (Wildman–Crippen LogP) is 2.48. The molecule has 8 heteroatoms. The fraction of sp³-hybridized carbons (Fsp3) is 0.389. The fourth-order valence-electron chi connectivity index (χ4n) is 3.33. The zero-order valence-corrected chi connectivity index (χ0v) is 14.8. The second kappa shape index (κ2) is 6.70. The van der Waals surface area contributed by atoms with E-state index in [2.05, 4.69) is 30.3 Å². The minimum absolute atomic E-state index is 0.0282. The van der Waals surface area contributed by atoms with Gasteiger partial charge in [0.2, 0.25) is 5.91 Å². The number of aryl methyl sites for hydroxylation is 2. The highest BCUT2D eigenvalue weighted by molar-refractivity contribution is 5.92. The van der Waals surface area contributed by atoms with Crippen molar-refractivity contribution >= 4 is 28.6 Å². The Hall–Kier alpha value is -3.03. The molecule has 0 spiro atoms. The van der Waals surface area contributed by atoms with Crippen molar-refractivity contribution in [2.24, 2.45) is 5.92 Å². The Labute approximate surface area is 150 Å². The SMILES string of the molecule is Cc1cccnc1NC(=O)C1CCN(c2ncnc3onc(C)c23)CC1. The Bertz CT molecular complexity index is 946. The van der Waals surface area contributed by atoms with Gasteiger partial charge in [-0.25, -0.2) is 9.97 Å². The van der Waals surface area contributed by atoms with Gasteiger partial charge in [0.15, 0.2) is 0 Å². The summed E-state index contributed by atoms with van der Waals surface area (Å²) in [7, 11) is 0. The van der Waals surface area contributed by atoms with Crippen LogP contribution in [0.1, 0.15) is 24.1 Å². The van der Waals surface area contributed by atoms with E-state index in [-0.39, 0.29) is 11.8 Å². The highest BCUT2D eigenvalue weighted by Crippen LogP contribution is 2.29. The van der Waals surface area contributed by atoms with Crippen molar-refractivity contribution in [2.45, 2.75) is 26.7 Å². The topological polar surface area (TPSA) is 97.0 Å². The lowest BCUT2D eigenvalue weighted by molar-refractivity contribution is -0.120. The summed E-state index contributed by atoms with van der Waals surface area (Å²) in [4.78, 5) is 27.5. The van der Waals surface area contributed by atoms with Crippen molar-refractivity contribution < 1.29 is 9.32 Å². The van der Waals surface area contributed by atoms with E-state index in [1.807, 2.05) is 26.0 Å². The van der Waals surface area contributed by atoms with Gasteiger partial charge < -0.3 is 14.7 Å². The van der Waals surface area contributed by atoms with Crippen molar-refractivity contribution in [3.63, 3.8) is 0 Å². The van der Waals surface area contributed by atoms with Gasteiger partial charge in [-0.15, -0.1) is 0 Å². The molecule has 3 aromatic rings. The van der Waals surface area contributed by atoms with E-state index in [0.29, 0.717) is 11.5 Å². The van der Waals surface area contributed by atoms with E-state index in [1.165, 1.54) is 6.33 Å². The monoisotopic (exact) mass is 352 g/mol. The van der Waals surface area contributed by atoms with Crippen LogP contribution in [-0.2, 0) is 4.79 Å². The molecule has 1 saturated heterocycles. The summed E-state index contributed by atoms with van der Waals surface area (Å²) in [5.41, 5.74) is 2.24. The molecule has 26 heavy (non-hydrogen) atoms. The Kier molecular flexibility index (Phi) is 4.24. The second-order valence-corrected chi connectivity index (χ2v) is 6.56. The average Bonchev–Trinajstić information content (AvgIpc) is 3.05. The number of hydrogen-bond donors (Lipinski definition) is 1. The van der Waals surface area contributed by atoms with Gasteiger partial charge in [-0.05, 0) is 38.3 Å². The van der Waals surface area contributed by atoms with Crippen LogP contribution in [0.4, 0.5) is 11.6 Å². The number of pyridine rings is 1. The highest BCUT2D eigenvalue weighted by Gasteiger charge is 2.28. The molecule has 0 radical (unpaired) electrons. The van der Waals surface area contributed by atoms with Crippen LogP contribution >= 0.6 is 0 Å². The molecule has 1 amide bonds. The Morgan fingerprint density at radius 2 is 2.04 bits per heavy atom. The molecule has 0 bridgehead atoms. The molecule has 8 nitrogen and oxygen atoms in total. The molecule has 0 aromatic carbocycles. The van der Waals surface area contributed by atoms with Gasteiger partial charge in [-0.2, -0.15) is 4.98 Å². The maximum atomic E-state index is 12.6. The lowest BCUT2D eigenvalue weighted by atomic mass is 9.95. The van der Waals surface area contributed by atoms with E-state index < -0.39 is 0 Å². The first-order valence-electron chi connectivity index (χ1n) is 8.68. The third-order valence-corrected chi connectivity index (χ3v) is 4.84. The van der Waals surface area contributed by atoms with Crippen LogP contribution in [0.25, 0.3) is 11.1 Å². The molecule has 4 rings (SSSR count). The summed E-state index contributed by atoms with van der Waals surface area (Å²) < 4.78 is 5.22. The molecule has 1 aliphatic rings. The molecule has 0 saturated carbocycles. The molecule has 1 aliphatic heterocycles.